The molecule has 0 aromatic heterocycles. The number of nitrogens with one attached hydrogen (secondary N) is 1. The molecule has 90 valence electrons. The molecule has 0 fully saturated rings. The molecule has 2 rings (SSSR count). The number of hydrogen-bond acceptors (Lipinski definition) is 2. The topological polar surface area (TPSA) is 35.8 Å². The first kappa shape index (κ1) is 12.6. The number of aryl methyl sites for hydroxylation is 1. The molecule has 0 radical (unpaired) electrons. The van der Waals surface area contributed by atoms with Crippen LogP contribution in [0.2, 0.25) is 0 Å². The Kier molecular flexibility index (Phi) is 3.63. The van der Waals surface area contributed by atoms with Crippen LogP contribution in [0.25, 0.3) is 0 Å². The number of halogens is 2. The van der Waals surface area contributed by atoms with Crippen LogP contribution in [0.1, 0.15) is 11.1 Å². The normalized spacial score (nSPS) is 9.89. The van der Waals surface area contributed by atoms with E-state index in [9.17, 15) is 4.39 Å². The molecule has 0 spiro atoms. The molecule has 0 aliphatic heterocycles. The summed E-state index contributed by atoms with van der Waals surface area (Å²) in [5.74, 6) is -0.293. The summed E-state index contributed by atoms with van der Waals surface area (Å²) in [6.07, 6.45) is 0. The van der Waals surface area contributed by atoms with Gasteiger partial charge in [-0.1, -0.05) is 22.0 Å². The Hall–Kier alpha value is -1.86. The van der Waals surface area contributed by atoms with Crippen LogP contribution in [0.4, 0.5) is 15.8 Å². The third-order valence-electron chi connectivity index (χ3n) is 2.51. The van der Waals surface area contributed by atoms with Gasteiger partial charge in [0.05, 0.1) is 11.6 Å². The minimum atomic E-state index is -0.293. The molecule has 4 heteroatoms. The van der Waals surface area contributed by atoms with Crippen LogP contribution < -0.4 is 5.32 Å². The third kappa shape index (κ3) is 2.88. The zero-order valence-electron chi connectivity index (χ0n) is 9.67. The monoisotopic (exact) mass is 304 g/mol. The third-order valence-corrected chi connectivity index (χ3v) is 2.96. The van der Waals surface area contributed by atoms with Crippen LogP contribution in [0.15, 0.2) is 40.9 Å². The predicted octanol–water partition coefficient (Wildman–Crippen LogP) is 4.51. The Balaban J connectivity index is 2.37. The average Bonchev–Trinajstić information content (AvgIpc) is 2.33. The van der Waals surface area contributed by atoms with Gasteiger partial charge < -0.3 is 5.32 Å². The summed E-state index contributed by atoms with van der Waals surface area (Å²) in [7, 11) is 0. The molecule has 0 saturated heterocycles. The molecule has 1 N–H and O–H groups in total. The summed E-state index contributed by atoms with van der Waals surface area (Å²) in [5, 5.41) is 12.0. The highest BCUT2D eigenvalue weighted by molar-refractivity contribution is 9.10. The highest BCUT2D eigenvalue weighted by atomic mass is 79.9. The highest BCUT2D eigenvalue weighted by Gasteiger charge is 2.03. The molecule has 2 aromatic rings. The van der Waals surface area contributed by atoms with Crippen molar-refractivity contribution in [1.29, 1.82) is 5.26 Å². The Morgan fingerprint density at radius 1 is 1.22 bits per heavy atom. The molecule has 0 bridgehead atoms. The maximum Gasteiger partial charge on any atom is 0.125 e. The lowest BCUT2D eigenvalue weighted by Gasteiger charge is -2.10. The summed E-state index contributed by atoms with van der Waals surface area (Å²) < 4.78 is 14.0. The minimum absolute atomic E-state index is 0.293. The fourth-order valence-electron chi connectivity index (χ4n) is 1.61. The van der Waals surface area contributed by atoms with Gasteiger partial charge in [-0.25, -0.2) is 4.39 Å². The first-order valence-electron chi connectivity index (χ1n) is 5.32. The van der Waals surface area contributed by atoms with Crippen molar-refractivity contribution in [3.63, 3.8) is 0 Å². The van der Waals surface area contributed by atoms with Crippen molar-refractivity contribution in [2.75, 3.05) is 5.32 Å². The zero-order valence-corrected chi connectivity index (χ0v) is 11.3. The second kappa shape index (κ2) is 5.19. The maximum absolute atomic E-state index is 13.2. The second-order valence-electron chi connectivity index (χ2n) is 3.92. The van der Waals surface area contributed by atoms with E-state index in [0.717, 1.165) is 15.7 Å². The minimum Gasteiger partial charge on any atom is -0.355 e. The van der Waals surface area contributed by atoms with E-state index in [2.05, 4.69) is 27.3 Å². The Labute approximate surface area is 113 Å². The Morgan fingerprint density at radius 2 is 2.00 bits per heavy atom. The summed E-state index contributed by atoms with van der Waals surface area (Å²) >= 11 is 3.33. The van der Waals surface area contributed by atoms with Crippen LogP contribution >= 0.6 is 15.9 Å². The van der Waals surface area contributed by atoms with E-state index in [-0.39, 0.29) is 5.82 Å². The molecule has 0 unspecified atom stereocenters. The molecule has 0 aliphatic rings. The van der Waals surface area contributed by atoms with Gasteiger partial charge in [0.25, 0.3) is 0 Å². The van der Waals surface area contributed by atoms with Crippen molar-refractivity contribution >= 4 is 27.3 Å². The Morgan fingerprint density at radius 3 is 2.72 bits per heavy atom. The standard InChI is InChI=1S/C14H10BrFN2/c1-9-2-3-12(16)7-14(9)18-13-5-10(8-17)4-11(15)6-13/h2-7,18H,1H3. The summed E-state index contributed by atoms with van der Waals surface area (Å²) in [6.45, 7) is 1.89. The van der Waals surface area contributed by atoms with E-state index < -0.39 is 0 Å². The van der Waals surface area contributed by atoms with E-state index in [1.165, 1.54) is 12.1 Å². The fraction of sp³-hybridized carbons (Fsp3) is 0.0714. The maximum atomic E-state index is 13.2. The van der Waals surface area contributed by atoms with Gasteiger partial charge in [0.1, 0.15) is 5.82 Å². The van der Waals surface area contributed by atoms with E-state index >= 15 is 0 Å². The number of rotatable bonds is 2. The largest absolute Gasteiger partial charge is 0.355 e. The lowest BCUT2D eigenvalue weighted by molar-refractivity contribution is 0.628. The summed E-state index contributed by atoms with van der Waals surface area (Å²) in [4.78, 5) is 0. The molecule has 0 atom stereocenters. The van der Waals surface area contributed by atoms with Crippen molar-refractivity contribution < 1.29 is 4.39 Å². The molecule has 0 heterocycles. The number of benzene rings is 2. The lowest BCUT2D eigenvalue weighted by Crippen LogP contribution is -1.94. The van der Waals surface area contributed by atoms with Crippen LogP contribution in [-0.4, -0.2) is 0 Å². The molecule has 0 saturated carbocycles. The quantitative estimate of drug-likeness (QED) is 0.886. The molecule has 18 heavy (non-hydrogen) atoms. The zero-order chi connectivity index (χ0) is 13.1. The van der Waals surface area contributed by atoms with Crippen molar-refractivity contribution in [2.24, 2.45) is 0 Å². The molecule has 2 nitrogen and oxygen atoms in total. The van der Waals surface area contributed by atoms with Crippen LogP contribution in [0.5, 0.6) is 0 Å². The van der Waals surface area contributed by atoms with Crippen molar-refractivity contribution in [2.45, 2.75) is 6.92 Å². The molecule has 0 aliphatic carbocycles. The van der Waals surface area contributed by atoms with Crippen molar-refractivity contribution in [3.05, 3.63) is 57.8 Å². The first-order chi connectivity index (χ1) is 8.58. The van der Waals surface area contributed by atoms with E-state index in [4.69, 9.17) is 5.26 Å². The summed E-state index contributed by atoms with van der Waals surface area (Å²) in [5.41, 5.74) is 2.92. The SMILES string of the molecule is Cc1ccc(F)cc1Nc1cc(Br)cc(C#N)c1. The van der Waals surface area contributed by atoms with Gasteiger partial charge in [-0.15, -0.1) is 0 Å². The number of hydrogen-bond donors (Lipinski definition) is 1. The van der Waals surface area contributed by atoms with Gasteiger partial charge in [-0.2, -0.15) is 5.26 Å². The van der Waals surface area contributed by atoms with Gasteiger partial charge in [-0.3, -0.25) is 0 Å². The Bertz CT molecular complexity index is 632. The lowest BCUT2D eigenvalue weighted by atomic mass is 10.1. The van der Waals surface area contributed by atoms with E-state index in [0.29, 0.717) is 11.3 Å². The average molecular weight is 305 g/mol. The first-order valence-corrected chi connectivity index (χ1v) is 6.11. The van der Waals surface area contributed by atoms with Crippen molar-refractivity contribution in [3.8, 4) is 6.07 Å². The number of nitriles is 1. The van der Waals surface area contributed by atoms with Crippen LogP contribution in [0.3, 0.4) is 0 Å². The van der Waals surface area contributed by atoms with E-state index in [1.54, 1.807) is 18.2 Å². The van der Waals surface area contributed by atoms with Gasteiger partial charge in [0, 0.05) is 15.8 Å². The smallest absolute Gasteiger partial charge is 0.125 e. The van der Waals surface area contributed by atoms with E-state index in [1.807, 2.05) is 13.0 Å². The number of nitrogens with zero attached hydrogens (tertiary/aromatic N) is 1. The summed E-state index contributed by atoms with van der Waals surface area (Å²) in [6, 6.07) is 11.9. The molecule has 2 aromatic carbocycles. The van der Waals surface area contributed by atoms with Gasteiger partial charge in [-0.05, 0) is 42.8 Å². The predicted molar refractivity (Wildman–Crippen MR) is 73.3 cm³/mol. The van der Waals surface area contributed by atoms with Gasteiger partial charge in [0.2, 0.25) is 0 Å². The van der Waals surface area contributed by atoms with Gasteiger partial charge in [0.15, 0.2) is 0 Å². The van der Waals surface area contributed by atoms with Crippen LogP contribution in [-0.2, 0) is 0 Å². The van der Waals surface area contributed by atoms with Gasteiger partial charge >= 0.3 is 0 Å². The number of anilines is 2. The van der Waals surface area contributed by atoms with Crippen molar-refractivity contribution in [1.82, 2.24) is 0 Å². The molecular weight excluding hydrogens is 295 g/mol. The second-order valence-corrected chi connectivity index (χ2v) is 4.84. The fourth-order valence-corrected chi connectivity index (χ4v) is 2.10. The molecular formula is C14H10BrFN2. The van der Waals surface area contributed by atoms with Crippen LogP contribution in [0, 0.1) is 24.1 Å². The highest BCUT2D eigenvalue weighted by Crippen LogP contribution is 2.25. The molecule has 0 amide bonds.